The van der Waals surface area contributed by atoms with Gasteiger partial charge in [0.15, 0.2) is 6.61 Å². The summed E-state index contributed by atoms with van der Waals surface area (Å²) in [6.45, 7) is 0.405. The van der Waals surface area contributed by atoms with Gasteiger partial charge in [-0.05, 0) is 47.2 Å². The minimum atomic E-state index is -0.274. The summed E-state index contributed by atoms with van der Waals surface area (Å²) in [6, 6.07) is 7.46. The first-order valence-corrected chi connectivity index (χ1v) is 6.91. The molecular formula is C13H16INO4. The highest BCUT2D eigenvalue weighted by atomic mass is 127. The van der Waals surface area contributed by atoms with Gasteiger partial charge in [0.2, 0.25) is 0 Å². The molecule has 1 N–H and O–H groups in total. The van der Waals surface area contributed by atoms with Gasteiger partial charge in [-0.1, -0.05) is 6.07 Å². The van der Waals surface area contributed by atoms with Crippen LogP contribution in [-0.2, 0) is 14.3 Å². The van der Waals surface area contributed by atoms with Crippen LogP contribution in [-0.4, -0.2) is 32.1 Å². The van der Waals surface area contributed by atoms with Crippen molar-refractivity contribution in [1.29, 1.82) is 0 Å². The molecule has 0 aliphatic heterocycles. The van der Waals surface area contributed by atoms with Gasteiger partial charge >= 0.3 is 5.97 Å². The molecular weight excluding hydrogens is 361 g/mol. The lowest BCUT2D eigenvalue weighted by molar-refractivity contribution is -0.140. The quantitative estimate of drug-likeness (QED) is 0.447. The van der Waals surface area contributed by atoms with Crippen molar-refractivity contribution in [2.75, 3.05) is 20.3 Å². The van der Waals surface area contributed by atoms with E-state index in [1.165, 1.54) is 7.11 Å². The van der Waals surface area contributed by atoms with Crippen LogP contribution >= 0.6 is 22.6 Å². The van der Waals surface area contributed by atoms with Crippen LogP contribution in [0.25, 0.3) is 0 Å². The molecule has 1 rings (SSSR count). The van der Waals surface area contributed by atoms with Crippen LogP contribution in [0.15, 0.2) is 24.3 Å². The fraction of sp³-hybridized carbons (Fsp3) is 0.385. The molecule has 6 heteroatoms. The summed E-state index contributed by atoms with van der Waals surface area (Å²) in [5, 5.41) is 2.67. The van der Waals surface area contributed by atoms with Gasteiger partial charge in [0.05, 0.1) is 7.11 Å². The zero-order valence-corrected chi connectivity index (χ0v) is 12.8. The molecule has 0 spiro atoms. The second kappa shape index (κ2) is 8.73. The third kappa shape index (κ3) is 7.00. The summed E-state index contributed by atoms with van der Waals surface area (Å²) in [7, 11) is 1.34. The van der Waals surface area contributed by atoms with Gasteiger partial charge in [0.1, 0.15) is 5.75 Å². The van der Waals surface area contributed by atoms with Crippen LogP contribution in [0.1, 0.15) is 12.8 Å². The molecule has 0 radical (unpaired) electrons. The van der Waals surface area contributed by atoms with E-state index < -0.39 is 0 Å². The number of nitrogens with one attached hydrogen (secondary N) is 1. The van der Waals surface area contributed by atoms with Gasteiger partial charge in [-0.25, -0.2) is 0 Å². The Balaban J connectivity index is 2.16. The SMILES string of the molecule is COC(=O)CCCNC(=O)COc1cccc(I)c1. The number of carbonyl (C=O) groups is 2. The van der Waals surface area contributed by atoms with Crippen LogP contribution in [0.5, 0.6) is 5.75 Å². The largest absolute Gasteiger partial charge is 0.484 e. The van der Waals surface area contributed by atoms with E-state index in [-0.39, 0.29) is 18.5 Å². The van der Waals surface area contributed by atoms with Crippen molar-refractivity contribution >= 4 is 34.5 Å². The summed E-state index contributed by atoms with van der Waals surface area (Å²) < 4.78 is 10.9. The van der Waals surface area contributed by atoms with Gasteiger partial charge in [0.25, 0.3) is 5.91 Å². The third-order valence-corrected chi connectivity index (χ3v) is 2.94. The summed E-state index contributed by atoms with van der Waals surface area (Å²) in [4.78, 5) is 22.3. The molecule has 0 saturated heterocycles. The van der Waals surface area contributed by atoms with Gasteiger partial charge in [0, 0.05) is 16.5 Å². The summed E-state index contributed by atoms with van der Waals surface area (Å²) in [6.07, 6.45) is 0.857. The van der Waals surface area contributed by atoms with Crippen molar-refractivity contribution in [1.82, 2.24) is 5.32 Å². The molecule has 0 bridgehead atoms. The van der Waals surface area contributed by atoms with Gasteiger partial charge < -0.3 is 14.8 Å². The smallest absolute Gasteiger partial charge is 0.305 e. The molecule has 5 nitrogen and oxygen atoms in total. The molecule has 1 aromatic rings. The minimum absolute atomic E-state index is 0.0294. The highest BCUT2D eigenvalue weighted by molar-refractivity contribution is 14.1. The first kappa shape index (κ1) is 15.7. The number of rotatable bonds is 7. The third-order valence-electron chi connectivity index (χ3n) is 2.27. The number of carbonyl (C=O) groups excluding carboxylic acids is 2. The highest BCUT2D eigenvalue weighted by Crippen LogP contribution is 2.14. The zero-order chi connectivity index (χ0) is 14.1. The maximum atomic E-state index is 11.5. The number of ether oxygens (including phenoxy) is 2. The van der Waals surface area contributed by atoms with E-state index in [1.807, 2.05) is 18.2 Å². The standard InChI is InChI=1S/C13H16INO4/c1-18-13(17)6-3-7-15-12(16)9-19-11-5-2-4-10(14)8-11/h2,4-5,8H,3,6-7,9H2,1H3,(H,15,16). The molecule has 1 aromatic carbocycles. The van der Waals surface area contributed by atoms with Crippen molar-refractivity contribution in [2.45, 2.75) is 12.8 Å². The zero-order valence-electron chi connectivity index (χ0n) is 10.6. The van der Waals surface area contributed by atoms with Gasteiger partial charge in [-0.2, -0.15) is 0 Å². The van der Waals surface area contributed by atoms with Crippen molar-refractivity contribution in [3.63, 3.8) is 0 Å². The van der Waals surface area contributed by atoms with Crippen LogP contribution in [0, 0.1) is 3.57 Å². The summed E-state index contributed by atoms with van der Waals surface area (Å²) in [5.41, 5.74) is 0. The number of hydrogen-bond donors (Lipinski definition) is 1. The van der Waals surface area contributed by atoms with Crippen LogP contribution < -0.4 is 10.1 Å². The van der Waals surface area contributed by atoms with Crippen LogP contribution in [0.4, 0.5) is 0 Å². The Labute approximate surface area is 125 Å². The number of halogens is 1. The lowest BCUT2D eigenvalue weighted by Gasteiger charge is -2.07. The van der Waals surface area contributed by atoms with Crippen molar-refractivity contribution in [2.24, 2.45) is 0 Å². The summed E-state index contributed by atoms with van der Waals surface area (Å²) in [5.74, 6) is 0.185. The highest BCUT2D eigenvalue weighted by Gasteiger charge is 2.04. The fourth-order valence-corrected chi connectivity index (χ4v) is 1.83. The van der Waals surface area contributed by atoms with Crippen LogP contribution in [0.3, 0.4) is 0 Å². The molecule has 0 heterocycles. The van der Waals surface area contributed by atoms with E-state index in [0.29, 0.717) is 25.1 Å². The fourth-order valence-electron chi connectivity index (χ4n) is 1.32. The molecule has 0 aromatic heterocycles. The number of methoxy groups -OCH3 is 1. The van der Waals surface area contributed by atoms with E-state index in [9.17, 15) is 9.59 Å². The molecule has 0 unspecified atom stereocenters. The van der Waals surface area contributed by atoms with E-state index in [0.717, 1.165) is 3.57 Å². The Bertz CT molecular complexity index is 436. The number of benzene rings is 1. The number of amides is 1. The monoisotopic (exact) mass is 377 g/mol. The second-order valence-corrected chi connectivity index (χ2v) is 5.02. The van der Waals surface area contributed by atoms with Crippen molar-refractivity contribution < 1.29 is 19.1 Å². The van der Waals surface area contributed by atoms with E-state index in [2.05, 4.69) is 32.6 Å². The van der Waals surface area contributed by atoms with Crippen molar-refractivity contribution in [3.8, 4) is 5.75 Å². The molecule has 0 atom stereocenters. The Morgan fingerprint density at radius 2 is 2.16 bits per heavy atom. The normalized spacial score (nSPS) is 9.79. The van der Waals surface area contributed by atoms with Crippen LogP contribution in [0.2, 0.25) is 0 Å². The topological polar surface area (TPSA) is 64.6 Å². The molecule has 0 aliphatic carbocycles. The van der Waals surface area contributed by atoms with Gasteiger partial charge in [-0.15, -0.1) is 0 Å². The number of esters is 1. The maximum Gasteiger partial charge on any atom is 0.305 e. The van der Waals surface area contributed by atoms with E-state index in [1.54, 1.807) is 6.07 Å². The molecule has 0 saturated carbocycles. The Hall–Kier alpha value is -1.31. The minimum Gasteiger partial charge on any atom is -0.484 e. The first-order valence-electron chi connectivity index (χ1n) is 5.83. The molecule has 0 fully saturated rings. The average molecular weight is 377 g/mol. The second-order valence-electron chi connectivity index (χ2n) is 3.78. The first-order chi connectivity index (χ1) is 9.11. The van der Waals surface area contributed by atoms with E-state index in [4.69, 9.17) is 4.74 Å². The predicted octanol–water partition coefficient (Wildman–Crippen LogP) is 1.74. The average Bonchev–Trinajstić information content (AvgIpc) is 2.41. The molecule has 104 valence electrons. The lowest BCUT2D eigenvalue weighted by Crippen LogP contribution is -2.30. The lowest BCUT2D eigenvalue weighted by atomic mass is 10.3. The molecule has 0 aliphatic rings. The van der Waals surface area contributed by atoms with E-state index >= 15 is 0 Å². The van der Waals surface area contributed by atoms with Crippen molar-refractivity contribution in [3.05, 3.63) is 27.8 Å². The Kier molecular flexibility index (Phi) is 7.24. The number of hydrogen-bond acceptors (Lipinski definition) is 4. The Morgan fingerprint density at radius 1 is 1.37 bits per heavy atom. The Morgan fingerprint density at radius 3 is 2.84 bits per heavy atom. The van der Waals surface area contributed by atoms with Gasteiger partial charge in [-0.3, -0.25) is 9.59 Å². The molecule has 1 amide bonds. The predicted molar refractivity (Wildman–Crippen MR) is 78.9 cm³/mol. The molecule has 19 heavy (non-hydrogen) atoms. The summed E-state index contributed by atoms with van der Waals surface area (Å²) >= 11 is 2.18. The maximum absolute atomic E-state index is 11.5.